The highest BCUT2D eigenvalue weighted by molar-refractivity contribution is 7.10. The molecule has 176 valence electrons. The molecule has 1 N–H and O–H groups in total. The van der Waals surface area contributed by atoms with Crippen LogP contribution in [-0.2, 0) is 31.1 Å². The average molecular weight is 478 g/mol. The van der Waals surface area contributed by atoms with Gasteiger partial charge in [-0.25, -0.2) is 4.98 Å². The highest BCUT2D eigenvalue weighted by atomic mass is 32.1. The number of imide groups is 1. The number of ether oxygens (including phenoxy) is 1. The molecule has 1 aliphatic heterocycles. The number of rotatable bonds is 9. The van der Waals surface area contributed by atoms with Gasteiger partial charge in [0.1, 0.15) is 0 Å². The third kappa shape index (κ3) is 4.64. The van der Waals surface area contributed by atoms with Crippen LogP contribution in [-0.4, -0.2) is 47.9 Å². The average Bonchev–Trinajstić information content (AvgIpc) is 3.40. The van der Waals surface area contributed by atoms with Gasteiger partial charge in [-0.05, 0) is 18.1 Å². The fraction of sp³-hybridized carbons (Fsp3) is 0.308. The van der Waals surface area contributed by atoms with Crippen LogP contribution in [0.25, 0.3) is 11.3 Å². The molecule has 0 saturated carbocycles. The van der Waals surface area contributed by atoms with Gasteiger partial charge in [-0.15, -0.1) is 11.3 Å². The largest absolute Gasteiger partial charge is 0.383 e. The maximum Gasteiger partial charge on any atom is 0.240 e. The Bertz CT molecular complexity index is 1190. The van der Waals surface area contributed by atoms with Crippen LogP contribution < -0.4 is 5.32 Å². The molecule has 3 amide bonds. The second-order valence-electron chi connectivity index (χ2n) is 8.36. The van der Waals surface area contributed by atoms with Gasteiger partial charge in [0.2, 0.25) is 17.7 Å². The number of aryl methyl sites for hydroxylation is 1. The first kappa shape index (κ1) is 23.8. The monoisotopic (exact) mass is 477 g/mol. The molecule has 2 aromatic carbocycles. The van der Waals surface area contributed by atoms with E-state index in [1.54, 1.807) is 5.51 Å². The van der Waals surface area contributed by atoms with Crippen LogP contribution in [0.2, 0.25) is 0 Å². The zero-order chi connectivity index (χ0) is 24.1. The Morgan fingerprint density at radius 1 is 1.15 bits per heavy atom. The third-order valence-corrected chi connectivity index (χ3v) is 7.02. The van der Waals surface area contributed by atoms with Crippen LogP contribution in [0.3, 0.4) is 0 Å². The van der Waals surface area contributed by atoms with Crippen molar-refractivity contribution < 1.29 is 19.1 Å². The topological polar surface area (TPSA) is 88.6 Å². The van der Waals surface area contributed by atoms with Gasteiger partial charge in [0.25, 0.3) is 0 Å². The summed E-state index contributed by atoms with van der Waals surface area (Å²) in [5.74, 6) is -0.918. The Labute approximate surface area is 202 Å². The maximum atomic E-state index is 13.6. The Morgan fingerprint density at radius 2 is 1.88 bits per heavy atom. The summed E-state index contributed by atoms with van der Waals surface area (Å²) in [6.45, 7) is 2.62. The van der Waals surface area contributed by atoms with E-state index in [1.807, 2.05) is 61.5 Å². The number of carbonyl (C=O) groups excluding carboxylic acids is 3. The fourth-order valence-corrected chi connectivity index (χ4v) is 5.23. The first-order valence-corrected chi connectivity index (χ1v) is 12.0. The van der Waals surface area contributed by atoms with E-state index in [-0.39, 0.29) is 43.7 Å². The zero-order valence-corrected chi connectivity index (χ0v) is 20.1. The first-order valence-electron chi connectivity index (χ1n) is 11.1. The van der Waals surface area contributed by atoms with Crippen molar-refractivity contribution in [3.63, 3.8) is 0 Å². The van der Waals surface area contributed by atoms with Gasteiger partial charge in [0, 0.05) is 25.5 Å². The minimum absolute atomic E-state index is 0.0381. The van der Waals surface area contributed by atoms with Crippen molar-refractivity contribution in [2.75, 3.05) is 20.3 Å². The van der Waals surface area contributed by atoms with E-state index in [9.17, 15) is 14.4 Å². The summed E-state index contributed by atoms with van der Waals surface area (Å²) in [5, 5.41) is 2.95. The van der Waals surface area contributed by atoms with Crippen molar-refractivity contribution in [3.8, 4) is 11.3 Å². The molecule has 0 aliphatic carbocycles. The molecule has 1 aliphatic rings. The highest BCUT2D eigenvalue weighted by Crippen LogP contribution is 2.41. The predicted octanol–water partition coefficient (Wildman–Crippen LogP) is 3.47. The molecule has 1 atom stereocenters. The Kier molecular flexibility index (Phi) is 7.19. The molecule has 3 aromatic rings. The number of nitrogens with zero attached hydrogens (tertiary/aromatic N) is 2. The Morgan fingerprint density at radius 3 is 2.62 bits per heavy atom. The van der Waals surface area contributed by atoms with Gasteiger partial charge in [0.15, 0.2) is 0 Å². The smallest absolute Gasteiger partial charge is 0.240 e. The van der Waals surface area contributed by atoms with Crippen LogP contribution in [0, 0.1) is 6.92 Å². The fourth-order valence-electron chi connectivity index (χ4n) is 4.51. The minimum atomic E-state index is -1.23. The van der Waals surface area contributed by atoms with Crippen LogP contribution in [0.5, 0.6) is 0 Å². The lowest BCUT2D eigenvalue weighted by Crippen LogP contribution is -2.43. The number of likely N-dealkylation sites (tertiary alicyclic amines) is 1. The van der Waals surface area contributed by atoms with Crippen molar-refractivity contribution in [1.29, 1.82) is 0 Å². The molecule has 0 bridgehead atoms. The molecule has 1 unspecified atom stereocenters. The summed E-state index contributed by atoms with van der Waals surface area (Å²) in [5.41, 5.74) is 3.93. The van der Waals surface area contributed by atoms with Crippen molar-refractivity contribution in [2.24, 2.45) is 0 Å². The third-order valence-electron chi connectivity index (χ3n) is 6.18. The normalized spacial score (nSPS) is 17.9. The SMILES string of the molecule is COCCN1C(=O)CC(CC(=O)NCc2scnc2-c2ccccc2)(c2ccccc2C)C1=O. The quantitative estimate of drug-likeness (QED) is 0.477. The lowest BCUT2D eigenvalue weighted by Gasteiger charge is -2.28. The summed E-state index contributed by atoms with van der Waals surface area (Å²) in [7, 11) is 1.52. The van der Waals surface area contributed by atoms with Crippen LogP contribution in [0.4, 0.5) is 0 Å². The maximum absolute atomic E-state index is 13.6. The number of nitrogens with one attached hydrogen (secondary N) is 1. The molecule has 0 spiro atoms. The van der Waals surface area contributed by atoms with Gasteiger partial charge in [-0.2, -0.15) is 0 Å². The van der Waals surface area contributed by atoms with Crippen LogP contribution in [0.15, 0.2) is 60.1 Å². The van der Waals surface area contributed by atoms with Crippen molar-refractivity contribution in [1.82, 2.24) is 15.2 Å². The summed E-state index contributed by atoms with van der Waals surface area (Å²) in [6.07, 6.45) is -0.144. The lowest BCUT2D eigenvalue weighted by atomic mass is 9.74. The number of hydrogen-bond acceptors (Lipinski definition) is 6. The molecule has 1 saturated heterocycles. The Balaban J connectivity index is 1.56. The van der Waals surface area contributed by atoms with E-state index in [0.717, 1.165) is 21.7 Å². The highest BCUT2D eigenvalue weighted by Gasteiger charge is 2.54. The van der Waals surface area contributed by atoms with Crippen LogP contribution >= 0.6 is 11.3 Å². The summed E-state index contributed by atoms with van der Waals surface area (Å²) >= 11 is 1.47. The number of methoxy groups -OCH3 is 1. The summed E-state index contributed by atoms with van der Waals surface area (Å²) in [4.78, 5) is 46.2. The van der Waals surface area contributed by atoms with Crippen LogP contribution in [0.1, 0.15) is 28.8 Å². The van der Waals surface area contributed by atoms with Gasteiger partial charge in [-0.1, -0.05) is 54.6 Å². The van der Waals surface area contributed by atoms with Crippen molar-refractivity contribution >= 4 is 29.1 Å². The van der Waals surface area contributed by atoms with Gasteiger partial charge in [-0.3, -0.25) is 19.3 Å². The molecule has 0 radical (unpaired) electrons. The second kappa shape index (κ2) is 10.3. The molecule has 4 rings (SSSR count). The van der Waals surface area contributed by atoms with E-state index in [2.05, 4.69) is 10.3 Å². The molecule has 8 heteroatoms. The minimum Gasteiger partial charge on any atom is -0.383 e. The van der Waals surface area contributed by atoms with E-state index >= 15 is 0 Å². The number of aromatic nitrogens is 1. The van der Waals surface area contributed by atoms with E-state index in [1.165, 1.54) is 23.3 Å². The van der Waals surface area contributed by atoms with Gasteiger partial charge < -0.3 is 10.1 Å². The number of hydrogen-bond donors (Lipinski definition) is 1. The standard InChI is InChI=1S/C26H27N3O4S/c1-18-8-6-7-11-20(18)26(15-23(31)29(25(26)32)12-13-33-2)14-22(30)27-16-21-24(28-17-34-21)19-9-4-3-5-10-19/h3-11,17H,12-16H2,1-2H3,(H,27,30). The van der Waals surface area contributed by atoms with E-state index < -0.39 is 5.41 Å². The number of benzene rings is 2. The second-order valence-corrected chi connectivity index (χ2v) is 9.30. The zero-order valence-electron chi connectivity index (χ0n) is 19.2. The van der Waals surface area contributed by atoms with Crippen molar-refractivity contribution in [3.05, 3.63) is 76.1 Å². The van der Waals surface area contributed by atoms with Crippen molar-refractivity contribution in [2.45, 2.75) is 31.7 Å². The molecule has 2 heterocycles. The van der Waals surface area contributed by atoms with E-state index in [4.69, 9.17) is 4.74 Å². The Hall–Kier alpha value is -3.36. The molecule has 34 heavy (non-hydrogen) atoms. The molecule has 1 aromatic heterocycles. The molecular weight excluding hydrogens is 450 g/mol. The first-order chi connectivity index (χ1) is 16.5. The van der Waals surface area contributed by atoms with Gasteiger partial charge >= 0.3 is 0 Å². The molecule has 1 fully saturated rings. The van der Waals surface area contributed by atoms with E-state index in [0.29, 0.717) is 12.1 Å². The molecular formula is C26H27N3O4S. The number of thiazole rings is 1. The lowest BCUT2D eigenvalue weighted by molar-refractivity contribution is -0.141. The predicted molar refractivity (Wildman–Crippen MR) is 130 cm³/mol. The summed E-state index contributed by atoms with van der Waals surface area (Å²) < 4.78 is 5.08. The number of carbonyl (C=O) groups is 3. The van der Waals surface area contributed by atoms with Gasteiger partial charge in [0.05, 0.1) is 41.2 Å². The molecule has 7 nitrogen and oxygen atoms in total. The number of amides is 3. The summed E-state index contributed by atoms with van der Waals surface area (Å²) in [6, 6.07) is 17.2.